The standard InChI is InChI=1S/C18H16N2O6/c1-11-6-15(25-19-11)17(21)23-9-13-4-3-5-14(8-13)10-24-18(22)16-7-12(2)20-26-16/h3-8H,9-10H2,1-2H3. The zero-order valence-corrected chi connectivity index (χ0v) is 14.2. The van der Waals surface area contributed by atoms with Crippen molar-refractivity contribution in [1.82, 2.24) is 10.3 Å². The van der Waals surface area contributed by atoms with Gasteiger partial charge in [-0.05, 0) is 31.0 Å². The molecule has 0 bridgehead atoms. The van der Waals surface area contributed by atoms with Crippen molar-refractivity contribution < 1.29 is 28.1 Å². The van der Waals surface area contributed by atoms with Gasteiger partial charge < -0.3 is 18.5 Å². The lowest BCUT2D eigenvalue weighted by molar-refractivity contribution is 0.0425. The number of esters is 2. The van der Waals surface area contributed by atoms with Crippen LogP contribution in [0.15, 0.2) is 45.4 Å². The van der Waals surface area contributed by atoms with Gasteiger partial charge in [0.15, 0.2) is 0 Å². The highest BCUT2D eigenvalue weighted by molar-refractivity contribution is 5.86. The van der Waals surface area contributed by atoms with Crippen LogP contribution in [-0.2, 0) is 22.7 Å². The molecular formula is C18H16N2O6. The largest absolute Gasteiger partial charge is 0.455 e. The van der Waals surface area contributed by atoms with Crippen LogP contribution < -0.4 is 0 Å². The highest BCUT2D eigenvalue weighted by Crippen LogP contribution is 2.12. The lowest BCUT2D eigenvalue weighted by atomic mass is 10.1. The summed E-state index contributed by atoms with van der Waals surface area (Å²) in [7, 11) is 0. The Labute approximate surface area is 148 Å². The smallest absolute Gasteiger partial charge is 0.377 e. The Morgan fingerprint density at radius 1 is 0.846 bits per heavy atom. The van der Waals surface area contributed by atoms with Crippen molar-refractivity contribution in [3.8, 4) is 0 Å². The number of aromatic nitrogens is 2. The third-order valence-electron chi connectivity index (χ3n) is 3.39. The van der Waals surface area contributed by atoms with Crippen LogP contribution in [0.5, 0.6) is 0 Å². The van der Waals surface area contributed by atoms with Crippen molar-refractivity contribution in [3.63, 3.8) is 0 Å². The Morgan fingerprint density at radius 2 is 1.31 bits per heavy atom. The molecule has 8 nitrogen and oxygen atoms in total. The van der Waals surface area contributed by atoms with E-state index < -0.39 is 11.9 Å². The number of benzene rings is 1. The van der Waals surface area contributed by atoms with E-state index in [0.717, 1.165) is 11.1 Å². The molecule has 0 amide bonds. The molecule has 0 aliphatic rings. The molecule has 0 unspecified atom stereocenters. The molecule has 0 radical (unpaired) electrons. The molecule has 3 aromatic rings. The number of ether oxygens (including phenoxy) is 2. The van der Waals surface area contributed by atoms with Gasteiger partial charge >= 0.3 is 11.9 Å². The molecule has 0 aliphatic heterocycles. The fourth-order valence-corrected chi connectivity index (χ4v) is 2.17. The Bertz CT molecular complexity index is 856. The molecule has 0 aliphatic carbocycles. The van der Waals surface area contributed by atoms with Gasteiger partial charge in [0, 0.05) is 12.1 Å². The zero-order chi connectivity index (χ0) is 18.5. The Morgan fingerprint density at radius 3 is 1.69 bits per heavy atom. The third-order valence-corrected chi connectivity index (χ3v) is 3.39. The summed E-state index contributed by atoms with van der Waals surface area (Å²) in [5, 5.41) is 7.28. The second kappa shape index (κ2) is 7.64. The van der Waals surface area contributed by atoms with Crippen molar-refractivity contribution in [1.29, 1.82) is 0 Å². The molecule has 0 spiro atoms. The van der Waals surface area contributed by atoms with Crippen LogP contribution in [0.25, 0.3) is 0 Å². The lowest BCUT2D eigenvalue weighted by Gasteiger charge is -2.06. The maximum absolute atomic E-state index is 11.8. The SMILES string of the molecule is Cc1cc(C(=O)OCc2cccc(COC(=O)c3cc(C)no3)c2)on1. The quantitative estimate of drug-likeness (QED) is 0.621. The van der Waals surface area contributed by atoms with Crippen LogP contribution in [0.1, 0.15) is 43.6 Å². The molecule has 1 aromatic carbocycles. The van der Waals surface area contributed by atoms with Gasteiger partial charge in [0.05, 0.1) is 11.4 Å². The average Bonchev–Trinajstić information content (AvgIpc) is 3.26. The topological polar surface area (TPSA) is 105 Å². The van der Waals surface area contributed by atoms with E-state index in [2.05, 4.69) is 10.3 Å². The summed E-state index contributed by atoms with van der Waals surface area (Å²) < 4.78 is 20.1. The summed E-state index contributed by atoms with van der Waals surface area (Å²) >= 11 is 0. The van der Waals surface area contributed by atoms with Crippen LogP contribution in [0, 0.1) is 13.8 Å². The monoisotopic (exact) mass is 356 g/mol. The fraction of sp³-hybridized carbons (Fsp3) is 0.222. The second-order valence-corrected chi connectivity index (χ2v) is 5.64. The van der Waals surface area contributed by atoms with Crippen molar-refractivity contribution in [2.45, 2.75) is 27.1 Å². The molecule has 0 saturated carbocycles. The van der Waals surface area contributed by atoms with Gasteiger partial charge in [-0.2, -0.15) is 0 Å². The molecule has 2 heterocycles. The van der Waals surface area contributed by atoms with E-state index >= 15 is 0 Å². The highest BCUT2D eigenvalue weighted by atomic mass is 16.6. The summed E-state index contributed by atoms with van der Waals surface area (Å²) in [4.78, 5) is 23.7. The summed E-state index contributed by atoms with van der Waals surface area (Å²) in [6, 6.07) is 10.2. The first-order valence-electron chi connectivity index (χ1n) is 7.80. The minimum absolute atomic E-state index is 0.0509. The first kappa shape index (κ1) is 17.4. The van der Waals surface area contributed by atoms with E-state index in [-0.39, 0.29) is 24.7 Å². The first-order valence-corrected chi connectivity index (χ1v) is 7.80. The van der Waals surface area contributed by atoms with Crippen molar-refractivity contribution >= 4 is 11.9 Å². The van der Waals surface area contributed by atoms with Crippen molar-refractivity contribution in [2.75, 3.05) is 0 Å². The maximum atomic E-state index is 11.8. The summed E-state index contributed by atoms with van der Waals surface area (Å²) in [6.45, 7) is 3.54. The Kier molecular flexibility index (Phi) is 5.12. The minimum Gasteiger partial charge on any atom is -0.455 e. The van der Waals surface area contributed by atoms with E-state index in [9.17, 15) is 9.59 Å². The minimum atomic E-state index is -0.594. The van der Waals surface area contributed by atoms with E-state index in [0.29, 0.717) is 11.4 Å². The Hall–Kier alpha value is -3.42. The Balaban J connectivity index is 1.54. The van der Waals surface area contributed by atoms with Gasteiger partial charge in [-0.25, -0.2) is 9.59 Å². The van der Waals surface area contributed by atoms with Crippen LogP contribution in [0.4, 0.5) is 0 Å². The number of carbonyl (C=O) groups excluding carboxylic acids is 2. The number of rotatable bonds is 6. The van der Waals surface area contributed by atoms with Gasteiger partial charge in [-0.15, -0.1) is 0 Å². The van der Waals surface area contributed by atoms with Crippen LogP contribution in [0.3, 0.4) is 0 Å². The van der Waals surface area contributed by atoms with Crippen molar-refractivity contribution in [3.05, 3.63) is 70.4 Å². The van der Waals surface area contributed by atoms with Gasteiger partial charge in [0.25, 0.3) is 0 Å². The molecule has 0 saturated heterocycles. The van der Waals surface area contributed by atoms with E-state index in [1.54, 1.807) is 38.1 Å². The number of aryl methyl sites for hydroxylation is 2. The predicted molar refractivity (Wildman–Crippen MR) is 87.2 cm³/mol. The average molecular weight is 356 g/mol. The second-order valence-electron chi connectivity index (χ2n) is 5.64. The molecule has 134 valence electrons. The van der Waals surface area contributed by atoms with Crippen LogP contribution in [-0.4, -0.2) is 22.3 Å². The highest BCUT2D eigenvalue weighted by Gasteiger charge is 2.15. The van der Waals surface area contributed by atoms with Gasteiger partial charge in [0.1, 0.15) is 13.2 Å². The molecule has 0 N–H and O–H groups in total. The van der Waals surface area contributed by atoms with Gasteiger partial charge in [-0.3, -0.25) is 0 Å². The van der Waals surface area contributed by atoms with Gasteiger partial charge in [0.2, 0.25) is 11.5 Å². The maximum Gasteiger partial charge on any atom is 0.377 e. The molecule has 26 heavy (non-hydrogen) atoms. The van der Waals surface area contributed by atoms with E-state index in [1.165, 1.54) is 12.1 Å². The number of nitrogens with zero attached hydrogens (tertiary/aromatic N) is 2. The lowest BCUT2D eigenvalue weighted by Crippen LogP contribution is -2.06. The van der Waals surface area contributed by atoms with Crippen molar-refractivity contribution in [2.24, 2.45) is 0 Å². The molecular weight excluding hydrogens is 340 g/mol. The molecule has 0 atom stereocenters. The molecule has 8 heteroatoms. The summed E-state index contributed by atoms with van der Waals surface area (Å²) in [5.41, 5.74) is 2.70. The first-order chi connectivity index (χ1) is 12.5. The van der Waals surface area contributed by atoms with E-state index in [4.69, 9.17) is 18.5 Å². The molecule has 3 rings (SSSR count). The fourth-order valence-electron chi connectivity index (χ4n) is 2.17. The number of carbonyl (C=O) groups is 2. The number of hydrogen-bond donors (Lipinski definition) is 0. The molecule has 2 aromatic heterocycles. The summed E-state index contributed by atoms with van der Waals surface area (Å²) in [6.07, 6.45) is 0. The molecule has 0 fully saturated rings. The zero-order valence-electron chi connectivity index (χ0n) is 14.2. The van der Waals surface area contributed by atoms with Crippen LogP contribution in [0.2, 0.25) is 0 Å². The third kappa shape index (κ3) is 4.35. The summed E-state index contributed by atoms with van der Waals surface area (Å²) in [5.74, 6) is -1.09. The van der Waals surface area contributed by atoms with E-state index in [1.807, 2.05) is 0 Å². The normalized spacial score (nSPS) is 10.5. The predicted octanol–water partition coefficient (Wildman–Crippen LogP) is 2.99. The van der Waals surface area contributed by atoms with Crippen LogP contribution >= 0.6 is 0 Å². The number of hydrogen-bond acceptors (Lipinski definition) is 8. The van der Waals surface area contributed by atoms with Gasteiger partial charge in [-0.1, -0.05) is 28.5 Å².